The highest BCUT2D eigenvalue weighted by Gasteiger charge is 2.06. The lowest BCUT2D eigenvalue weighted by atomic mass is 10.2. The maximum Gasteiger partial charge on any atom is 0.219 e. The molecule has 0 atom stereocenters. The molecule has 0 aliphatic heterocycles. The number of halogens is 3. The summed E-state index contributed by atoms with van der Waals surface area (Å²) >= 11 is 17.6. The van der Waals surface area contributed by atoms with E-state index in [1.54, 1.807) is 24.3 Å². The van der Waals surface area contributed by atoms with Crippen LogP contribution in [-0.2, 0) is 5.88 Å². The third-order valence-corrected chi connectivity index (χ3v) is 3.20. The maximum absolute atomic E-state index is 5.93. The number of aromatic nitrogens is 1. The molecule has 0 fully saturated rings. The first-order chi connectivity index (χ1) is 8.60. The van der Waals surface area contributed by atoms with Crippen molar-refractivity contribution in [1.29, 1.82) is 0 Å². The monoisotopic (exact) mass is 301 g/mol. The minimum atomic E-state index is 0.246. The van der Waals surface area contributed by atoms with E-state index in [-0.39, 0.29) is 5.88 Å². The van der Waals surface area contributed by atoms with Crippen molar-refractivity contribution >= 4 is 34.8 Å². The standard InChI is InChI=1S/C13H10Cl3NO/c1-8-6-9(15)2-4-12(8)18-13-5-3-10(16)11(7-14)17-13/h2-6H,7H2,1H3. The predicted octanol–water partition coefficient (Wildman–Crippen LogP) is 5.23. The number of pyridine rings is 1. The normalized spacial score (nSPS) is 10.4. The fourth-order valence-corrected chi connectivity index (χ4v) is 2.13. The van der Waals surface area contributed by atoms with Gasteiger partial charge in [-0.05, 0) is 36.8 Å². The van der Waals surface area contributed by atoms with Gasteiger partial charge in [-0.3, -0.25) is 0 Å². The van der Waals surface area contributed by atoms with Gasteiger partial charge < -0.3 is 4.74 Å². The van der Waals surface area contributed by atoms with Gasteiger partial charge in [0.25, 0.3) is 0 Å². The third kappa shape index (κ3) is 3.08. The first-order valence-corrected chi connectivity index (χ1v) is 6.54. The van der Waals surface area contributed by atoms with Crippen LogP contribution in [0.2, 0.25) is 10.0 Å². The first-order valence-electron chi connectivity index (χ1n) is 5.25. The van der Waals surface area contributed by atoms with E-state index in [0.29, 0.717) is 27.4 Å². The number of aryl methyl sites for hydroxylation is 1. The average Bonchev–Trinajstić information content (AvgIpc) is 2.35. The van der Waals surface area contributed by atoms with Gasteiger partial charge in [0.2, 0.25) is 5.88 Å². The minimum Gasteiger partial charge on any atom is -0.439 e. The molecule has 2 rings (SSSR count). The second kappa shape index (κ2) is 5.79. The van der Waals surface area contributed by atoms with Gasteiger partial charge in [-0.25, -0.2) is 4.98 Å². The van der Waals surface area contributed by atoms with E-state index in [2.05, 4.69) is 4.98 Å². The number of benzene rings is 1. The Morgan fingerprint density at radius 3 is 2.61 bits per heavy atom. The van der Waals surface area contributed by atoms with Gasteiger partial charge in [0, 0.05) is 11.1 Å². The fourth-order valence-electron chi connectivity index (χ4n) is 1.45. The molecule has 18 heavy (non-hydrogen) atoms. The second-order valence-electron chi connectivity index (χ2n) is 3.72. The summed E-state index contributed by atoms with van der Waals surface area (Å²) in [5, 5.41) is 1.20. The number of hydrogen-bond acceptors (Lipinski definition) is 2. The van der Waals surface area contributed by atoms with E-state index in [1.807, 2.05) is 13.0 Å². The molecule has 0 N–H and O–H groups in total. The third-order valence-electron chi connectivity index (χ3n) is 2.37. The van der Waals surface area contributed by atoms with Crippen LogP contribution in [0.4, 0.5) is 0 Å². The van der Waals surface area contributed by atoms with E-state index in [0.717, 1.165) is 5.56 Å². The van der Waals surface area contributed by atoms with Crippen LogP contribution < -0.4 is 4.74 Å². The van der Waals surface area contributed by atoms with E-state index in [4.69, 9.17) is 39.5 Å². The summed E-state index contributed by atoms with van der Waals surface area (Å²) in [6, 6.07) is 8.81. The van der Waals surface area contributed by atoms with Gasteiger partial charge in [0.15, 0.2) is 0 Å². The molecule has 0 bridgehead atoms. The molecule has 0 aliphatic carbocycles. The van der Waals surface area contributed by atoms with E-state index in [1.165, 1.54) is 0 Å². The van der Waals surface area contributed by atoms with Crippen molar-refractivity contribution in [1.82, 2.24) is 4.98 Å². The predicted molar refractivity (Wildman–Crippen MR) is 75.1 cm³/mol. The zero-order valence-electron chi connectivity index (χ0n) is 9.58. The van der Waals surface area contributed by atoms with Crippen LogP contribution in [-0.4, -0.2) is 4.98 Å². The maximum atomic E-state index is 5.93. The number of hydrogen-bond donors (Lipinski definition) is 0. The van der Waals surface area contributed by atoms with Crippen LogP contribution in [0.1, 0.15) is 11.3 Å². The molecule has 0 spiro atoms. The Bertz CT molecular complexity index is 572. The second-order valence-corrected chi connectivity index (χ2v) is 4.83. The first kappa shape index (κ1) is 13.5. The average molecular weight is 303 g/mol. The quantitative estimate of drug-likeness (QED) is 0.724. The van der Waals surface area contributed by atoms with Crippen LogP contribution in [0, 0.1) is 6.92 Å². The minimum absolute atomic E-state index is 0.246. The number of alkyl halides is 1. The summed E-state index contributed by atoms with van der Waals surface area (Å²) in [5.74, 6) is 1.41. The van der Waals surface area contributed by atoms with Crippen molar-refractivity contribution < 1.29 is 4.74 Å². The van der Waals surface area contributed by atoms with Crippen molar-refractivity contribution in [3.63, 3.8) is 0 Å². The van der Waals surface area contributed by atoms with Crippen molar-refractivity contribution in [2.75, 3.05) is 0 Å². The molecule has 0 radical (unpaired) electrons. The number of ether oxygens (including phenoxy) is 1. The Morgan fingerprint density at radius 1 is 1.17 bits per heavy atom. The van der Waals surface area contributed by atoms with E-state index in [9.17, 15) is 0 Å². The zero-order valence-corrected chi connectivity index (χ0v) is 11.9. The van der Waals surface area contributed by atoms with E-state index < -0.39 is 0 Å². The van der Waals surface area contributed by atoms with Crippen molar-refractivity contribution in [3.8, 4) is 11.6 Å². The van der Waals surface area contributed by atoms with Gasteiger partial charge in [0.1, 0.15) is 5.75 Å². The Kier molecular flexibility index (Phi) is 4.33. The molecule has 2 aromatic rings. The van der Waals surface area contributed by atoms with Crippen LogP contribution in [0.5, 0.6) is 11.6 Å². The molecule has 0 amide bonds. The molecule has 0 aliphatic rings. The van der Waals surface area contributed by atoms with Gasteiger partial charge in [-0.15, -0.1) is 11.6 Å². The summed E-state index contributed by atoms with van der Waals surface area (Å²) in [4.78, 5) is 4.23. The highest BCUT2D eigenvalue weighted by molar-refractivity contribution is 6.32. The van der Waals surface area contributed by atoms with Crippen LogP contribution >= 0.6 is 34.8 Å². The van der Waals surface area contributed by atoms with Gasteiger partial charge in [-0.2, -0.15) is 0 Å². The number of nitrogens with zero attached hydrogens (tertiary/aromatic N) is 1. The lowest BCUT2D eigenvalue weighted by Crippen LogP contribution is -1.94. The molecule has 0 unspecified atom stereocenters. The Labute approximate surface area is 120 Å². The topological polar surface area (TPSA) is 22.1 Å². The molecule has 1 aromatic heterocycles. The van der Waals surface area contributed by atoms with Crippen molar-refractivity contribution in [3.05, 3.63) is 51.6 Å². The summed E-state index contributed by atoms with van der Waals surface area (Å²) in [6.07, 6.45) is 0. The van der Waals surface area contributed by atoms with Crippen LogP contribution in [0.15, 0.2) is 30.3 Å². The Hall–Kier alpha value is -0.960. The summed E-state index contributed by atoms with van der Waals surface area (Å²) in [6.45, 7) is 1.92. The molecule has 1 heterocycles. The van der Waals surface area contributed by atoms with Gasteiger partial charge in [-0.1, -0.05) is 23.2 Å². The van der Waals surface area contributed by atoms with Crippen LogP contribution in [0.3, 0.4) is 0 Å². The van der Waals surface area contributed by atoms with Gasteiger partial charge in [0.05, 0.1) is 16.6 Å². The molecular formula is C13H10Cl3NO. The molecular weight excluding hydrogens is 293 g/mol. The lowest BCUT2D eigenvalue weighted by Gasteiger charge is -2.09. The summed E-state index contributed by atoms with van der Waals surface area (Å²) < 4.78 is 5.67. The van der Waals surface area contributed by atoms with Crippen LogP contribution in [0.25, 0.3) is 0 Å². The Balaban J connectivity index is 2.28. The molecule has 1 aromatic carbocycles. The fraction of sp³-hybridized carbons (Fsp3) is 0.154. The number of rotatable bonds is 3. The molecule has 94 valence electrons. The van der Waals surface area contributed by atoms with Gasteiger partial charge >= 0.3 is 0 Å². The summed E-state index contributed by atoms with van der Waals surface area (Å²) in [5.41, 5.74) is 1.54. The molecule has 5 heteroatoms. The highest BCUT2D eigenvalue weighted by Crippen LogP contribution is 2.28. The summed E-state index contributed by atoms with van der Waals surface area (Å²) in [7, 11) is 0. The van der Waals surface area contributed by atoms with Crippen molar-refractivity contribution in [2.24, 2.45) is 0 Å². The Morgan fingerprint density at radius 2 is 1.94 bits per heavy atom. The lowest BCUT2D eigenvalue weighted by molar-refractivity contribution is 0.458. The zero-order chi connectivity index (χ0) is 13.1. The largest absolute Gasteiger partial charge is 0.439 e. The highest BCUT2D eigenvalue weighted by atomic mass is 35.5. The molecule has 0 saturated carbocycles. The molecule has 2 nitrogen and oxygen atoms in total. The SMILES string of the molecule is Cc1cc(Cl)ccc1Oc1ccc(Cl)c(CCl)n1. The van der Waals surface area contributed by atoms with E-state index >= 15 is 0 Å². The van der Waals surface area contributed by atoms with Crippen molar-refractivity contribution in [2.45, 2.75) is 12.8 Å². The smallest absolute Gasteiger partial charge is 0.219 e. The molecule has 0 saturated heterocycles.